The first-order valence-corrected chi connectivity index (χ1v) is 8.13. The zero-order valence-corrected chi connectivity index (χ0v) is 14.2. The Kier molecular flexibility index (Phi) is 4.20. The summed E-state index contributed by atoms with van der Waals surface area (Å²) >= 11 is 15.2. The average Bonchev–Trinajstić information content (AvgIpc) is 2.48. The van der Waals surface area contributed by atoms with E-state index in [9.17, 15) is 0 Å². The molecule has 0 nitrogen and oxygen atoms in total. The molecule has 0 bridgehead atoms. The van der Waals surface area contributed by atoms with E-state index in [-0.39, 0.29) is 5.38 Å². The van der Waals surface area contributed by atoms with Crippen LogP contribution in [0.4, 0.5) is 0 Å². The molecule has 3 heteroatoms. The molecule has 0 radical (unpaired) electrons. The standard InChI is InChI=1S/C17H11Cl2I/c18-16-10-9-15(13-3-1-2-4-14(13)16)17(19)11-5-7-12(20)8-6-11/h1-10,17H. The molecule has 1 atom stereocenters. The van der Waals surface area contributed by atoms with Crippen molar-refractivity contribution in [1.29, 1.82) is 0 Å². The van der Waals surface area contributed by atoms with Gasteiger partial charge < -0.3 is 0 Å². The summed E-state index contributed by atoms with van der Waals surface area (Å²) in [6.45, 7) is 0. The van der Waals surface area contributed by atoms with Gasteiger partial charge >= 0.3 is 0 Å². The van der Waals surface area contributed by atoms with Crippen molar-refractivity contribution in [1.82, 2.24) is 0 Å². The Balaban J connectivity index is 2.14. The molecular formula is C17H11Cl2I. The summed E-state index contributed by atoms with van der Waals surface area (Å²) < 4.78 is 1.20. The van der Waals surface area contributed by atoms with Crippen LogP contribution in [-0.4, -0.2) is 0 Å². The topological polar surface area (TPSA) is 0 Å². The van der Waals surface area contributed by atoms with E-state index >= 15 is 0 Å². The Bertz CT molecular complexity index is 751. The third kappa shape index (κ3) is 2.67. The molecule has 0 amide bonds. The van der Waals surface area contributed by atoms with E-state index in [0.29, 0.717) is 0 Å². The van der Waals surface area contributed by atoms with Crippen LogP contribution in [0.25, 0.3) is 10.8 Å². The van der Waals surface area contributed by atoms with E-state index in [1.54, 1.807) is 0 Å². The Labute approximate surface area is 141 Å². The molecule has 0 N–H and O–H groups in total. The van der Waals surface area contributed by atoms with Gasteiger partial charge in [-0.2, -0.15) is 0 Å². The molecule has 100 valence electrons. The normalized spacial score (nSPS) is 12.6. The molecule has 1 unspecified atom stereocenters. The largest absolute Gasteiger partial charge is 0.113 e. The molecule has 0 aromatic heterocycles. The number of fused-ring (bicyclic) bond motifs is 1. The number of hydrogen-bond donors (Lipinski definition) is 0. The lowest BCUT2D eigenvalue weighted by Crippen LogP contribution is -1.95. The maximum atomic E-state index is 6.67. The molecule has 0 spiro atoms. The Hall–Kier alpha value is -0.770. The highest BCUT2D eigenvalue weighted by atomic mass is 127. The van der Waals surface area contributed by atoms with Crippen molar-refractivity contribution in [2.75, 3.05) is 0 Å². The molecule has 3 aromatic rings. The second-order valence-corrected chi connectivity index (χ2v) is 6.69. The monoisotopic (exact) mass is 412 g/mol. The molecule has 0 aliphatic carbocycles. The smallest absolute Gasteiger partial charge is 0.0841 e. The summed E-state index contributed by atoms with van der Waals surface area (Å²) in [6.07, 6.45) is 0. The Morgan fingerprint density at radius 3 is 2.15 bits per heavy atom. The van der Waals surface area contributed by atoms with Crippen molar-refractivity contribution in [3.63, 3.8) is 0 Å². The van der Waals surface area contributed by atoms with E-state index in [0.717, 1.165) is 26.9 Å². The van der Waals surface area contributed by atoms with Gasteiger partial charge in [-0.25, -0.2) is 0 Å². The van der Waals surface area contributed by atoms with Crippen molar-refractivity contribution in [2.45, 2.75) is 5.38 Å². The van der Waals surface area contributed by atoms with Crippen molar-refractivity contribution in [3.8, 4) is 0 Å². The molecule has 0 aliphatic heterocycles. The van der Waals surface area contributed by atoms with Crippen LogP contribution >= 0.6 is 45.8 Å². The third-order valence-electron chi connectivity index (χ3n) is 3.34. The molecule has 0 aliphatic rings. The molecular weight excluding hydrogens is 402 g/mol. The van der Waals surface area contributed by atoms with Gasteiger partial charge in [0.15, 0.2) is 0 Å². The number of rotatable bonds is 2. The average molecular weight is 413 g/mol. The van der Waals surface area contributed by atoms with Gasteiger partial charge in [0.1, 0.15) is 0 Å². The fraction of sp³-hybridized carbons (Fsp3) is 0.0588. The fourth-order valence-electron chi connectivity index (χ4n) is 2.32. The zero-order chi connectivity index (χ0) is 14.1. The molecule has 0 saturated heterocycles. The van der Waals surface area contributed by atoms with Crippen LogP contribution in [0.5, 0.6) is 0 Å². The summed E-state index contributed by atoms with van der Waals surface area (Å²) in [6, 6.07) is 20.3. The highest BCUT2D eigenvalue weighted by Gasteiger charge is 2.14. The molecule has 0 heterocycles. The van der Waals surface area contributed by atoms with Crippen LogP contribution < -0.4 is 0 Å². The van der Waals surface area contributed by atoms with Gasteiger partial charge in [-0.05, 0) is 57.3 Å². The maximum absolute atomic E-state index is 6.67. The summed E-state index contributed by atoms with van der Waals surface area (Å²) in [5.74, 6) is 0. The second-order valence-electron chi connectivity index (χ2n) is 4.60. The number of alkyl halides is 1. The first kappa shape index (κ1) is 14.2. The van der Waals surface area contributed by atoms with Gasteiger partial charge in [0, 0.05) is 14.0 Å². The van der Waals surface area contributed by atoms with Gasteiger partial charge in [0.25, 0.3) is 0 Å². The fourth-order valence-corrected chi connectivity index (χ4v) is 3.24. The minimum Gasteiger partial charge on any atom is -0.113 e. The van der Waals surface area contributed by atoms with Gasteiger partial charge in [0.2, 0.25) is 0 Å². The quantitative estimate of drug-likeness (QED) is 0.336. The van der Waals surface area contributed by atoms with E-state index < -0.39 is 0 Å². The van der Waals surface area contributed by atoms with E-state index in [1.807, 2.05) is 30.3 Å². The summed E-state index contributed by atoms with van der Waals surface area (Å²) in [5, 5.41) is 2.74. The van der Waals surface area contributed by atoms with Crippen molar-refractivity contribution in [3.05, 3.63) is 80.4 Å². The first-order valence-electron chi connectivity index (χ1n) is 6.23. The summed E-state index contributed by atoms with van der Waals surface area (Å²) in [4.78, 5) is 0. The number of benzene rings is 3. The minimum absolute atomic E-state index is 0.172. The maximum Gasteiger partial charge on any atom is 0.0841 e. The zero-order valence-electron chi connectivity index (χ0n) is 10.5. The van der Waals surface area contributed by atoms with E-state index in [2.05, 4.69) is 52.9 Å². The van der Waals surface area contributed by atoms with Gasteiger partial charge in [-0.1, -0.05) is 54.1 Å². The number of halogens is 3. The van der Waals surface area contributed by atoms with Crippen LogP contribution in [-0.2, 0) is 0 Å². The van der Waals surface area contributed by atoms with Crippen LogP contribution in [0.1, 0.15) is 16.5 Å². The molecule has 0 saturated carbocycles. The first-order chi connectivity index (χ1) is 9.66. The van der Waals surface area contributed by atoms with Crippen molar-refractivity contribution in [2.24, 2.45) is 0 Å². The minimum atomic E-state index is -0.172. The summed E-state index contributed by atoms with van der Waals surface area (Å²) in [7, 11) is 0. The van der Waals surface area contributed by atoms with Gasteiger partial charge in [-0.15, -0.1) is 11.6 Å². The summed E-state index contributed by atoms with van der Waals surface area (Å²) in [5.41, 5.74) is 2.19. The highest BCUT2D eigenvalue weighted by molar-refractivity contribution is 14.1. The van der Waals surface area contributed by atoms with Gasteiger partial charge in [-0.3, -0.25) is 0 Å². The third-order valence-corrected chi connectivity index (χ3v) is 4.88. The predicted molar refractivity (Wildman–Crippen MR) is 95.8 cm³/mol. The second kappa shape index (κ2) is 5.92. The SMILES string of the molecule is Clc1ccc(C(Cl)c2ccc(I)cc2)c2ccccc12. The lowest BCUT2D eigenvalue weighted by molar-refractivity contribution is 1.16. The van der Waals surface area contributed by atoms with Crippen molar-refractivity contribution < 1.29 is 0 Å². The molecule has 3 aromatic carbocycles. The Morgan fingerprint density at radius 2 is 1.45 bits per heavy atom. The predicted octanol–water partition coefficient (Wildman–Crippen LogP) is 6.43. The molecule has 20 heavy (non-hydrogen) atoms. The Morgan fingerprint density at radius 1 is 0.800 bits per heavy atom. The van der Waals surface area contributed by atoms with Crippen LogP contribution in [0.2, 0.25) is 5.02 Å². The molecule has 0 fully saturated rings. The van der Waals surface area contributed by atoms with E-state index in [4.69, 9.17) is 23.2 Å². The molecule has 3 rings (SSSR count). The van der Waals surface area contributed by atoms with Crippen LogP contribution in [0.15, 0.2) is 60.7 Å². The van der Waals surface area contributed by atoms with Gasteiger partial charge in [0.05, 0.1) is 5.38 Å². The lowest BCUT2D eigenvalue weighted by atomic mass is 9.98. The van der Waals surface area contributed by atoms with Crippen molar-refractivity contribution >= 4 is 56.6 Å². The number of hydrogen-bond acceptors (Lipinski definition) is 0. The lowest BCUT2D eigenvalue weighted by Gasteiger charge is -2.14. The van der Waals surface area contributed by atoms with Crippen LogP contribution in [0, 0.1) is 3.57 Å². The highest BCUT2D eigenvalue weighted by Crippen LogP contribution is 2.36. The van der Waals surface area contributed by atoms with Crippen LogP contribution in [0.3, 0.4) is 0 Å². The van der Waals surface area contributed by atoms with E-state index in [1.165, 1.54) is 3.57 Å².